The molecular formula is C11H19BrN2O2. The fourth-order valence-electron chi connectivity index (χ4n) is 1.47. The molecule has 1 aromatic heterocycles. The Labute approximate surface area is 104 Å². The summed E-state index contributed by atoms with van der Waals surface area (Å²) in [6, 6.07) is 0. The van der Waals surface area contributed by atoms with E-state index in [1.54, 1.807) is 18.5 Å². The third-order valence-electron chi connectivity index (χ3n) is 2.71. The summed E-state index contributed by atoms with van der Waals surface area (Å²) in [5.74, 6) is 0. The lowest BCUT2D eigenvalue weighted by molar-refractivity contribution is -0.0477. The molecule has 1 atom stereocenters. The maximum Gasteiger partial charge on any atom is 0.0877 e. The first-order chi connectivity index (χ1) is 7.27. The molecule has 0 aromatic carbocycles. The van der Waals surface area contributed by atoms with Crippen molar-refractivity contribution in [1.29, 1.82) is 0 Å². The summed E-state index contributed by atoms with van der Waals surface area (Å²) in [5.41, 5.74) is 0.780. The van der Waals surface area contributed by atoms with Gasteiger partial charge in [0.05, 0.1) is 27.6 Å². The van der Waals surface area contributed by atoms with Crippen LogP contribution in [-0.4, -0.2) is 31.7 Å². The van der Waals surface area contributed by atoms with Gasteiger partial charge in [0.15, 0.2) is 0 Å². The quantitative estimate of drug-likeness (QED) is 0.882. The fourth-order valence-corrected chi connectivity index (χ4v) is 2.25. The Hall–Kier alpha value is -0.390. The van der Waals surface area contributed by atoms with E-state index in [4.69, 9.17) is 0 Å². The van der Waals surface area contributed by atoms with E-state index < -0.39 is 11.7 Å². The Morgan fingerprint density at radius 3 is 2.44 bits per heavy atom. The van der Waals surface area contributed by atoms with Gasteiger partial charge in [0, 0.05) is 13.5 Å². The van der Waals surface area contributed by atoms with Crippen LogP contribution in [0.4, 0.5) is 0 Å². The first-order valence-electron chi connectivity index (χ1n) is 5.38. The van der Waals surface area contributed by atoms with Crippen molar-refractivity contribution in [2.24, 2.45) is 7.05 Å². The molecule has 0 aliphatic rings. The van der Waals surface area contributed by atoms with Gasteiger partial charge in [0.1, 0.15) is 0 Å². The SMILES string of the molecule is CCc1nn(C)c(CC(O)C(C)(C)O)c1Br. The van der Waals surface area contributed by atoms with Crippen LogP contribution in [0.2, 0.25) is 0 Å². The first-order valence-corrected chi connectivity index (χ1v) is 6.17. The Kier molecular flexibility index (Phi) is 4.15. The first kappa shape index (κ1) is 13.7. The van der Waals surface area contributed by atoms with Crippen molar-refractivity contribution in [1.82, 2.24) is 9.78 Å². The number of aliphatic hydroxyl groups is 2. The Bertz CT molecular complexity index is 369. The number of rotatable bonds is 4. The van der Waals surface area contributed by atoms with Crippen LogP contribution in [0, 0.1) is 0 Å². The topological polar surface area (TPSA) is 58.3 Å². The van der Waals surface area contributed by atoms with Crippen molar-refractivity contribution in [2.75, 3.05) is 0 Å². The largest absolute Gasteiger partial charge is 0.390 e. The number of aryl methyl sites for hydroxylation is 2. The number of hydrogen-bond acceptors (Lipinski definition) is 3. The average molecular weight is 291 g/mol. The molecule has 1 heterocycles. The molecule has 0 bridgehead atoms. The van der Waals surface area contributed by atoms with E-state index in [-0.39, 0.29) is 0 Å². The highest BCUT2D eigenvalue weighted by atomic mass is 79.9. The summed E-state index contributed by atoms with van der Waals surface area (Å²) in [6.45, 7) is 5.23. The number of halogens is 1. The molecule has 1 rings (SSSR count). The molecule has 4 nitrogen and oxygen atoms in total. The predicted octanol–water partition coefficient (Wildman–Crippen LogP) is 1.42. The van der Waals surface area contributed by atoms with Gasteiger partial charge in [-0.3, -0.25) is 4.68 Å². The van der Waals surface area contributed by atoms with Crippen molar-refractivity contribution in [2.45, 2.75) is 45.3 Å². The zero-order valence-electron chi connectivity index (χ0n) is 10.2. The second kappa shape index (κ2) is 4.85. The zero-order chi connectivity index (χ0) is 12.5. The van der Waals surface area contributed by atoms with Crippen molar-refractivity contribution in [3.05, 3.63) is 15.9 Å². The zero-order valence-corrected chi connectivity index (χ0v) is 11.7. The van der Waals surface area contributed by atoms with E-state index in [1.165, 1.54) is 0 Å². The van der Waals surface area contributed by atoms with Gasteiger partial charge >= 0.3 is 0 Å². The van der Waals surface area contributed by atoms with Gasteiger partial charge in [-0.2, -0.15) is 5.10 Å². The number of aliphatic hydroxyl groups excluding tert-OH is 1. The lowest BCUT2D eigenvalue weighted by Crippen LogP contribution is -2.37. The van der Waals surface area contributed by atoms with Crippen LogP contribution in [0.25, 0.3) is 0 Å². The molecule has 0 fully saturated rings. The highest BCUT2D eigenvalue weighted by molar-refractivity contribution is 9.10. The second-order valence-electron chi connectivity index (χ2n) is 4.56. The molecule has 0 amide bonds. The molecule has 0 aliphatic heterocycles. The van der Waals surface area contributed by atoms with E-state index in [0.717, 1.165) is 22.3 Å². The predicted molar refractivity (Wildman–Crippen MR) is 66.3 cm³/mol. The van der Waals surface area contributed by atoms with E-state index in [9.17, 15) is 10.2 Å². The van der Waals surface area contributed by atoms with Gasteiger partial charge < -0.3 is 10.2 Å². The van der Waals surface area contributed by atoms with Crippen LogP contribution in [0.1, 0.15) is 32.2 Å². The van der Waals surface area contributed by atoms with Gasteiger partial charge in [-0.1, -0.05) is 6.92 Å². The molecule has 1 aromatic rings. The number of aromatic nitrogens is 2. The lowest BCUT2D eigenvalue weighted by Gasteiger charge is -2.24. The molecule has 0 radical (unpaired) electrons. The third kappa shape index (κ3) is 2.84. The van der Waals surface area contributed by atoms with E-state index in [2.05, 4.69) is 21.0 Å². The van der Waals surface area contributed by atoms with Crippen LogP contribution in [-0.2, 0) is 19.9 Å². The van der Waals surface area contributed by atoms with Gasteiger partial charge in [-0.05, 0) is 36.2 Å². The van der Waals surface area contributed by atoms with E-state index in [1.807, 2.05) is 14.0 Å². The average Bonchev–Trinajstić information content (AvgIpc) is 2.43. The van der Waals surface area contributed by atoms with E-state index >= 15 is 0 Å². The van der Waals surface area contributed by atoms with Gasteiger partial charge in [0.2, 0.25) is 0 Å². The maximum absolute atomic E-state index is 9.86. The monoisotopic (exact) mass is 290 g/mol. The third-order valence-corrected chi connectivity index (χ3v) is 3.62. The van der Waals surface area contributed by atoms with Gasteiger partial charge in [0.25, 0.3) is 0 Å². The van der Waals surface area contributed by atoms with Crippen molar-refractivity contribution < 1.29 is 10.2 Å². The number of nitrogens with zero attached hydrogens (tertiary/aromatic N) is 2. The highest BCUT2D eigenvalue weighted by Gasteiger charge is 2.27. The van der Waals surface area contributed by atoms with Crippen molar-refractivity contribution in [3.63, 3.8) is 0 Å². The van der Waals surface area contributed by atoms with Crippen molar-refractivity contribution >= 4 is 15.9 Å². The standard InChI is InChI=1S/C11H19BrN2O2/c1-5-7-10(12)8(14(4)13-7)6-9(15)11(2,3)16/h9,15-16H,5-6H2,1-4H3. The molecule has 0 aliphatic carbocycles. The van der Waals surface area contributed by atoms with Crippen LogP contribution in [0.3, 0.4) is 0 Å². The molecule has 16 heavy (non-hydrogen) atoms. The summed E-state index contributed by atoms with van der Waals surface area (Å²) in [4.78, 5) is 0. The normalized spacial score (nSPS) is 14.2. The second-order valence-corrected chi connectivity index (χ2v) is 5.35. The van der Waals surface area contributed by atoms with Crippen LogP contribution in [0.15, 0.2) is 4.47 Å². The van der Waals surface area contributed by atoms with Crippen molar-refractivity contribution in [3.8, 4) is 0 Å². The highest BCUT2D eigenvalue weighted by Crippen LogP contribution is 2.24. The maximum atomic E-state index is 9.86. The lowest BCUT2D eigenvalue weighted by atomic mass is 9.97. The van der Waals surface area contributed by atoms with Gasteiger partial charge in [-0.25, -0.2) is 0 Å². The van der Waals surface area contributed by atoms with Crippen LogP contribution in [0.5, 0.6) is 0 Å². The molecule has 92 valence electrons. The molecular weight excluding hydrogens is 272 g/mol. The molecule has 2 N–H and O–H groups in total. The molecule has 0 saturated heterocycles. The van der Waals surface area contributed by atoms with Crippen LogP contribution >= 0.6 is 15.9 Å². The smallest absolute Gasteiger partial charge is 0.0877 e. The Morgan fingerprint density at radius 2 is 2.06 bits per heavy atom. The molecule has 0 saturated carbocycles. The van der Waals surface area contributed by atoms with Crippen LogP contribution < -0.4 is 0 Å². The molecule has 5 heteroatoms. The summed E-state index contributed by atoms with van der Waals surface area (Å²) >= 11 is 3.48. The summed E-state index contributed by atoms with van der Waals surface area (Å²) in [6.07, 6.45) is 0.421. The Balaban J connectivity index is 2.93. The fraction of sp³-hybridized carbons (Fsp3) is 0.727. The minimum Gasteiger partial charge on any atom is -0.390 e. The summed E-state index contributed by atoms with van der Waals surface area (Å²) < 4.78 is 2.68. The summed E-state index contributed by atoms with van der Waals surface area (Å²) in [7, 11) is 1.84. The summed E-state index contributed by atoms with van der Waals surface area (Å²) in [5, 5.41) is 23.9. The minimum absolute atomic E-state index is 0.383. The van der Waals surface area contributed by atoms with E-state index in [0.29, 0.717) is 6.42 Å². The Morgan fingerprint density at radius 1 is 1.50 bits per heavy atom. The minimum atomic E-state index is -1.10. The molecule has 0 spiro atoms. The number of hydrogen-bond donors (Lipinski definition) is 2. The molecule has 1 unspecified atom stereocenters. The van der Waals surface area contributed by atoms with Gasteiger partial charge in [-0.15, -0.1) is 0 Å².